The van der Waals surface area contributed by atoms with Crippen molar-refractivity contribution < 1.29 is 4.39 Å². The molecular weight excluding hydrogens is 243 g/mol. The number of benzene rings is 1. The molecule has 0 fully saturated rings. The van der Waals surface area contributed by atoms with Crippen molar-refractivity contribution in [3.05, 3.63) is 40.1 Å². The number of nitrogens with two attached hydrogens (primary N) is 1. The average Bonchev–Trinajstić information content (AvgIpc) is 2.63. The predicted molar refractivity (Wildman–Crippen MR) is 67.2 cm³/mol. The average molecular weight is 254 g/mol. The number of nitrogens with zero attached hydrogens (tertiary/aromatic N) is 1. The van der Waals surface area contributed by atoms with Crippen LogP contribution in [-0.2, 0) is 5.75 Å². The van der Waals surface area contributed by atoms with E-state index in [1.54, 1.807) is 23.5 Å². The van der Waals surface area contributed by atoms with Crippen LogP contribution < -0.4 is 5.73 Å². The highest BCUT2D eigenvalue weighted by molar-refractivity contribution is 7.98. The SMILES string of the molecule is Cc1csc(CSc2ccc(N)cc2F)n1. The van der Waals surface area contributed by atoms with Crippen molar-refractivity contribution in [3.8, 4) is 0 Å². The molecule has 5 heteroatoms. The zero-order chi connectivity index (χ0) is 11.5. The molecule has 0 aliphatic rings. The van der Waals surface area contributed by atoms with Gasteiger partial charge in [-0.25, -0.2) is 9.37 Å². The number of halogens is 1. The fraction of sp³-hybridized carbons (Fsp3) is 0.182. The molecule has 16 heavy (non-hydrogen) atoms. The van der Waals surface area contributed by atoms with E-state index in [-0.39, 0.29) is 5.82 Å². The van der Waals surface area contributed by atoms with E-state index < -0.39 is 0 Å². The van der Waals surface area contributed by atoms with E-state index in [1.165, 1.54) is 17.8 Å². The number of thioether (sulfide) groups is 1. The summed E-state index contributed by atoms with van der Waals surface area (Å²) in [5, 5.41) is 3.01. The summed E-state index contributed by atoms with van der Waals surface area (Å²) in [6, 6.07) is 4.75. The summed E-state index contributed by atoms with van der Waals surface area (Å²) in [4.78, 5) is 4.94. The summed E-state index contributed by atoms with van der Waals surface area (Å²) >= 11 is 3.04. The molecule has 2 aromatic rings. The van der Waals surface area contributed by atoms with Crippen LogP contribution in [0.15, 0.2) is 28.5 Å². The number of aromatic nitrogens is 1. The van der Waals surface area contributed by atoms with Gasteiger partial charge in [-0.3, -0.25) is 0 Å². The third-order valence-electron chi connectivity index (χ3n) is 1.97. The van der Waals surface area contributed by atoms with Crippen molar-refractivity contribution in [2.24, 2.45) is 0 Å². The van der Waals surface area contributed by atoms with Gasteiger partial charge in [0, 0.05) is 21.7 Å². The molecule has 84 valence electrons. The Labute approximate surface area is 102 Å². The molecule has 2 rings (SSSR count). The van der Waals surface area contributed by atoms with Crippen molar-refractivity contribution >= 4 is 28.8 Å². The minimum absolute atomic E-state index is 0.265. The molecule has 0 atom stereocenters. The number of aryl methyl sites for hydroxylation is 1. The highest BCUT2D eigenvalue weighted by Crippen LogP contribution is 2.27. The van der Waals surface area contributed by atoms with Crippen LogP contribution in [0.1, 0.15) is 10.7 Å². The van der Waals surface area contributed by atoms with Gasteiger partial charge in [-0.15, -0.1) is 23.1 Å². The maximum absolute atomic E-state index is 13.4. The van der Waals surface area contributed by atoms with Gasteiger partial charge in [0.05, 0.1) is 5.75 Å². The second-order valence-corrected chi connectivity index (χ2v) is 5.32. The number of hydrogen-bond acceptors (Lipinski definition) is 4. The van der Waals surface area contributed by atoms with Crippen LogP contribution in [0.3, 0.4) is 0 Å². The highest BCUT2D eigenvalue weighted by atomic mass is 32.2. The topological polar surface area (TPSA) is 38.9 Å². The minimum Gasteiger partial charge on any atom is -0.399 e. The number of anilines is 1. The van der Waals surface area contributed by atoms with Gasteiger partial charge in [-0.2, -0.15) is 0 Å². The Balaban J connectivity index is 2.04. The van der Waals surface area contributed by atoms with Gasteiger partial charge in [0.1, 0.15) is 10.8 Å². The molecule has 0 aliphatic carbocycles. The summed E-state index contributed by atoms with van der Waals surface area (Å²) in [5.41, 5.74) is 6.94. The van der Waals surface area contributed by atoms with Crippen molar-refractivity contribution in [1.82, 2.24) is 4.98 Å². The molecule has 0 aliphatic heterocycles. The Morgan fingerprint density at radius 2 is 2.31 bits per heavy atom. The zero-order valence-corrected chi connectivity index (χ0v) is 10.4. The lowest BCUT2D eigenvalue weighted by Crippen LogP contribution is -1.88. The van der Waals surface area contributed by atoms with Gasteiger partial charge in [-0.05, 0) is 25.1 Å². The van der Waals surface area contributed by atoms with E-state index in [9.17, 15) is 4.39 Å². The third kappa shape index (κ3) is 2.74. The first kappa shape index (κ1) is 11.4. The van der Waals surface area contributed by atoms with Gasteiger partial charge in [0.2, 0.25) is 0 Å². The molecule has 1 aromatic carbocycles. The van der Waals surface area contributed by atoms with Crippen LogP contribution in [-0.4, -0.2) is 4.98 Å². The van der Waals surface area contributed by atoms with Crippen LogP contribution in [0.5, 0.6) is 0 Å². The summed E-state index contributed by atoms with van der Waals surface area (Å²) in [6.45, 7) is 1.95. The van der Waals surface area contributed by atoms with E-state index >= 15 is 0 Å². The van der Waals surface area contributed by atoms with Gasteiger partial charge in [0.25, 0.3) is 0 Å². The maximum Gasteiger partial charge on any atom is 0.138 e. The molecule has 2 nitrogen and oxygen atoms in total. The summed E-state index contributed by atoms with van der Waals surface area (Å²) in [5.74, 6) is 0.428. The molecule has 0 saturated carbocycles. The minimum atomic E-state index is -0.265. The Bertz CT molecular complexity index is 496. The third-order valence-corrected chi connectivity index (χ3v) is 4.18. The molecule has 1 heterocycles. The van der Waals surface area contributed by atoms with Gasteiger partial charge >= 0.3 is 0 Å². The van der Waals surface area contributed by atoms with E-state index in [0.717, 1.165) is 10.7 Å². The Hall–Kier alpha value is -1.07. The monoisotopic (exact) mass is 254 g/mol. The lowest BCUT2D eigenvalue weighted by Gasteiger charge is -2.02. The van der Waals surface area contributed by atoms with Crippen molar-refractivity contribution in [1.29, 1.82) is 0 Å². The predicted octanol–water partition coefficient (Wildman–Crippen LogP) is 3.47. The highest BCUT2D eigenvalue weighted by Gasteiger charge is 2.05. The van der Waals surface area contributed by atoms with Gasteiger partial charge in [-0.1, -0.05) is 0 Å². The normalized spacial score (nSPS) is 10.6. The molecule has 2 N–H and O–H groups in total. The zero-order valence-electron chi connectivity index (χ0n) is 8.74. The smallest absolute Gasteiger partial charge is 0.138 e. The molecule has 0 radical (unpaired) electrons. The standard InChI is InChI=1S/C11H11FN2S2/c1-7-5-16-11(14-7)6-15-10-3-2-8(13)4-9(10)12/h2-5H,6,13H2,1H3. The van der Waals surface area contributed by atoms with Crippen LogP contribution in [0.2, 0.25) is 0 Å². The van der Waals surface area contributed by atoms with E-state index in [2.05, 4.69) is 4.98 Å². The fourth-order valence-electron chi connectivity index (χ4n) is 1.24. The fourth-order valence-corrected chi connectivity index (χ4v) is 2.95. The first-order valence-electron chi connectivity index (χ1n) is 4.74. The van der Waals surface area contributed by atoms with Crippen LogP contribution >= 0.6 is 23.1 Å². The van der Waals surface area contributed by atoms with Crippen LogP contribution in [0.25, 0.3) is 0 Å². The second kappa shape index (κ2) is 4.84. The van der Waals surface area contributed by atoms with Crippen molar-refractivity contribution in [3.63, 3.8) is 0 Å². The van der Waals surface area contributed by atoms with Crippen LogP contribution in [0.4, 0.5) is 10.1 Å². The molecule has 0 amide bonds. The summed E-state index contributed by atoms with van der Waals surface area (Å²) in [7, 11) is 0. The molecule has 1 aromatic heterocycles. The van der Waals surface area contributed by atoms with E-state index in [1.807, 2.05) is 12.3 Å². The lowest BCUT2D eigenvalue weighted by atomic mass is 10.3. The molecule has 0 unspecified atom stereocenters. The number of nitrogen functional groups attached to an aromatic ring is 1. The van der Waals surface area contributed by atoms with Crippen molar-refractivity contribution in [2.45, 2.75) is 17.6 Å². The Morgan fingerprint density at radius 1 is 1.50 bits per heavy atom. The van der Waals surface area contributed by atoms with Crippen molar-refractivity contribution in [2.75, 3.05) is 5.73 Å². The molecule has 0 bridgehead atoms. The lowest BCUT2D eigenvalue weighted by molar-refractivity contribution is 0.603. The summed E-state index contributed by atoms with van der Waals surface area (Å²) in [6.07, 6.45) is 0. The van der Waals surface area contributed by atoms with E-state index in [4.69, 9.17) is 5.73 Å². The Morgan fingerprint density at radius 3 is 2.94 bits per heavy atom. The Kier molecular flexibility index (Phi) is 3.46. The van der Waals surface area contributed by atoms with Gasteiger partial charge < -0.3 is 5.73 Å². The molecular formula is C11H11FN2S2. The van der Waals surface area contributed by atoms with Gasteiger partial charge in [0.15, 0.2) is 0 Å². The molecule has 0 saturated heterocycles. The number of hydrogen-bond donors (Lipinski definition) is 1. The number of rotatable bonds is 3. The first-order valence-corrected chi connectivity index (χ1v) is 6.60. The van der Waals surface area contributed by atoms with E-state index in [0.29, 0.717) is 16.3 Å². The summed E-state index contributed by atoms with van der Waals surface area (Å²) < 4.78 is 13.4. The maximum atomic E-state index is 13.4. The number of thiazole rings is 1. The second-order valence-electron chi connectivity index (χ2n) is 3.36. The quantitative estimate of drug-likeness (QED) is 0.673. The van der Waals surface area contributed by atoms with Crippen LogP contribution in [0, 0.1) is 12.7 Å². The first-order chi connectivity index (χ1) is 7.65. The largest absolute Gasteiger partial charge is 0.399 e. The molecule has 0 spiro atoms.